The number of carbonyl (C=O) groups excluding carboxylic acids is 4. The molecule has 3 N–H and O–H groups in total. The van der Waals surface area contributed by atoms with Gasteiger partial charge < -0.3 is 33.8 Å². The highest BCUT2D eigenvalue weighted by Crippen LogP contribution is 2.45. The predicted octanol–water partition coefficient (Wildman–Crippen LogP) is 21.7. The van der Waals surface area contributed by atoms with E-state index >= 15 is 0 Å². The Morgan fingerprint density at radius 2 is 0.589 bits per heavy atom. The minimum atomic E-state index is -4.96. The lowest BCUT2D eigenvalue weighted by Gasteiger charge is -2.21. The molecule has 0 spiro atoms. The van der Waals surface area contributed by atoms with Gasteiger partial charge >= 0.3 is 39.5 Å². The molecule has 0 aliphatic rings. The molecule has 0 aromatic carbocycles. The van der Waals surface area contributed by atoms with Crippen LogP contribution in [-0.4, -0.2) is 96.7 Å². The van der Waals surface area contributed by atoms with Crippen molar-refractivity contribution >= 4 is 39.5 Å². The highest BCUT2D eigenvalue weighted by atomic mass is 31.2. The van der Waals surface area contributed by atoms with Crippen LogP contribution in [0.1, 0.15) is 363 Å². The summed E-state index contributed by atoms with van der Waals surface area (Å²) in [4.78, 5) is 72.8. The molecule has 0 radical (unpaired) electrons. The third-order valence-electron chi connectivity index (χ3n) is 18.1. The molecule has 0 aromatic rings. The van der Waals surface area contributed by atoms with Gasteiger partial charge in [0.15, 0.2) is 12.2 Å². The number of hydrogen-bond acceptors (Lipinski definition) is 15. The number of aliphatic hydroxyl groups excluding tert-OH is 1. The third-order valence-corrected chi connectivity index (χ3v) is 20.0. The molecule has 17 nitrogen and oxygen atoms in total. The van der Waals surface area contributed by atoms with Crippen LogP contribution in [-0.2, 0) is 65.4 Å². The van der Waals surface area contributed by atoms with E-state index in [2.05, 4.69) is 72.8 Å². The average Bonchev–Trinajstić information content (AvgIpc) is 1.24. The van der Waals surface area contributed by atoms with Crippen molar-refractivity contribution in [2.75, 3.05) is 39.6 Å². The summed E-state index contributed by atoms with van der Waals surface area (Å²) in [7, 11) is -9.92. The van der Waals surface area contributed by atoms with E-state index in [9.17, 15) is 43.2 Å². The highest BCUT2D eigenvalue weighted by molar-refractivity contribution is 7.47. The molecule has 8 atom stereocenters. The maximum absolute atomic E-state index is 13.1. The van der Waals surface area contributed by atoms with Gasteiger partial charge in [-0.3, -0.25) is 37.3 Å². The van der Waals surface area contributed by atoms with Crippen molar-refractivity contribution in [3.05, 3.63) is 24.3 Å². The molecule has 0 amide bonds. The van der Waals surface area contributed by atoms with Gasteiger partial charge in [-0.15, -0.1) is 0 Å². The summed E-state index contributed by atoms with van der Waals surface area (Å²) in [5.74, 6) is 0.189. The number of phosphoric acid groups is 2. The number of esters is 4. The van der Waals surface area contributed by atoms with Gasteiger partial charge in [0.25, 0.3) is 0 Å². The number of unbranched alkanes of at least 4 members (excludes halogenated alkanes) is 34. The first kappa shape index (κ1) is 92.5. The molecular weight excluding hydrogens is 1250 g/mol. The zero-order valence-corrected chi connectivity index (χ0v) is 63.4. The van der Waals surface area contributed by atoms with Crippen LogP contribution in [0.5, 0.6) is 0 Å². The van der Waals surface area contributed by atoms with Crippen LogP contribution in [0, 0.1) is 17.8 Å². The Balaban J connectivity index is 5.27. The highest BCUT2D eigenvalue weighted by Gasteiger charge is 2.30. The fourth-order valence-electron chi connectivity index (χ4n) is 11.0. The van der Waals surface area contributed by atoms with Gasteiger partial charge in [0.1, 0.15) is 19.3 Å². The fourth-order valence-corrected chi connectivity index (χ4v) is 12.5. The number of hydrogen-bond donors (Lipinski definition) is 3. The summed E-state index contributed by atoms with van der Waals surface area (Å²) in [5.41, 5.74) is 0. The van der Waals surface area contributed by atoms with Crippen LogP contribution in [0.25, 0.3) is 0 Å². The van der Waals surface area contributed by atoms with E-state index in [0.717, 1.165) is 133 Å². The summed E-state index contributed by atoms with van der Waals surface area (Å²) in [6.07, 6.45) is 54.8. The molecule has 0 fully saturated rings. The van der Waals surface area contributed by atoms with E-state index in [0.29, 0.717) is 25.7 Å². The van der Waals surface area contributed by atoms with Gasteiger partial charge in [-0.05, 0) is 69.1 Å². The summed E-state index contributed by atoms with van der Waals surface area (Å²) < 4.78 is 68.5. The maximum atomic E-state index is 13.1. The van der Waals surface area contributed by atoms with Crippen molar-refractivity contribution in [2.24, 2.45) is 17.8 Å². The number of aliphatic hydroxyl groups is 1. The maximum Gasteiger partial charge on any atom is 0.472 e. The molecule has 0 rings (SSSR count). The molecule has 19 heteroatoms. The molecule has 0 saturated heterocycles. The van der Waals surface area contributed by atoms with E-state index in [1.807, 2.05) is 0 Å². The molecule has 5 unspecified atom stereocenters. The summed E-state index contributed by atoms with van der Waals surface area (Å²) >= 11 is 0. The molecule has 0 bridgehead atoms. The van der Waals surface area contributed by atoms with Gasteiger partial charge in [-0.25, -0.2) is 9.13 Å². The first-order chi connectivity index (χ1) is 45.8. The Labute approximate surface area is 580 Å². The van der Waals surface area contributed by atoms with Crippen molar-refractivity contribution in [1.29, 1.82) is 0 Å². The molecule has 0 heterocycles. The summed E-state index contributed by atoms with van der Waals surface area (Å²) in [6.45, 7) is 11.8. The summed E-state index contributed by atoms with van der Waals surface area (Å²) in [6, 6.07) is 0. The molecular formula is C76H144O17P2. The monoisotopic (exact) mass is 1390 g/mol. The topological polar surface area (TPSA) is 237 Å². The van der Waals surface area contributed by atoms with Gasteiger partial charge in [-0.1, -0.05) is 310 Å². The van der Waals surface area contributed by atoms with Gasteiger partial charge in [0.2, 0.25) is 0 Å². The zero-order chi connectivity index (χ0) is 70.1. The van der Waals surface area contributed by atoms with E-state index < -0.39 is 97.5 Å². The normalized spacial score (nSPS) is 15.1. The Hall–Kier alpha value is -2.46. The smallest absolute Gasteiger partial charge is 0.462 e. The Morgan fingerprint density at radius 1 is 0.337 bits per heavy atom. The standard InChI is InChI=1S/C76H144O17P2/c1-8-12-13-14-15-16-17-18-19-23-26-29-35-43-50-57-73(78)86-63-71(93-76(81)60-53-46-37-32-31-34-41-48-55-68(6)10-3)65-90-94(82,83)88-61-70(77)62-89-95(84,85)91-66-72(64-87-74(79)58-51-44-39-38-42-49-56-69(7)11-4)92-75(80)59-52-45-36-30-27-24-21-20-22-25-28-33-40-47-54-67(5)9-2/h16-19,67-72,77H,8-15,20-66H2,1-7H3,(H,82,83)(H,84,85)/b17-16-,19-18-/t67?,68?,69?,70-,71-,72-/m1/s1. The Kier molecular flexibility index (Phi) is 64.4. The predicted molar refractivity (Wildman–Crippen MR) is 386 cm³/mol. The fraction of sp³-hybridized carbons (Fsp3) is 0.895. The third kappa shape index (κ3) is 65.9. The van der Waals surface area contributed by atoms with Crippen molar-refractivity contribution in [2.45, 2.75) is 381 Å². The van der Waals surface area contributed by atoms with Gasteiger partial charge in [0, 0.05) is 25.7 Å². The van der Waals surface area contributed by atoms with Crippen LogP contribution in [0.2, 0.25) is 0 Å². The minimum Gasteiger partial charge on any atom is -0.462 e. The number of phosphoric ester groups is 2. The van der Waals surface area contributed by atoms with E-state index in [4.69, 9.17) is 37.0 Å². The van der Waals surface area contributed by atoms with Crippen molar-refractivity contribution < 1.29 is 80.2 Å². The van der Waals surface area contributed by atoms with E-state index in [-0.39, 0.29) is 25.7 Å². The first-order valence-electron chi connectivity index (χ1n) is 38.8. The molecule has 0 saturated carbocycles. The Bertz CT molecular complexity index is 1950. The van der Waals surface area contributed by atoms with Crippen LogP contribution in [0.4, 0.5) is 0 Å². The second-order valence-corrected chi connectivity index (χ2v) is 30.3. The van der Waals surface area contributed by atoms with E-state index in [1.54, 1.807) is 0 Å². The number of carbonyl (C=O) groups is 4. The van der Waals surface area contributed by atoms with Crippen LogP contribution < -0.4 is 0 Å². The van der Waals surface area contributed by atoms with Crippen molar-refractivity contribution in [3.63, 3.8) is 0 Å². The van der Waals surface area contributed by atoms with Crippen molar-refractivity contribution in [3.8, 4) is 0 Å². The largest absolute Gasteiger partial charge is 0.472 e. The van der Waals surface area contributed by atoms with Crippen LogP contribution >= 0.6 is 15.6 Å². The van der Waals surface area contributed by atoms with Gasteiger partial charge in [-0.2, -0.15) is 0 Å². The second kappa shape index (κ2) is 66.1. The first-order valence-corrected chi connectivity index (χ1v) is 41.8. The molecule has 0 aliphatic heterocycles. The lowest BCUT2D eigenvalue weighted by atomic mass is 9.99. The lowest BCUT2D eigenvalue weighted by Crippen LogP contribution is -2.30. The number of ether oxygens (including phenoxy) is 4. The minimum absolute atomic E-state index is 0.0978. The lowest BCUT2D eigenvalue weighted by molar-refractivity contribution is -0.161. The molecule has 560 valence electrons. The number of allylic oxidation sites excluding steroid dienone is 4. The zero-order valence-electron chi connectivity index (χ0n) is 61.6. The summed E-state index contributed by atoms with van der Waals surface area (Å²) in [5, 5.41) is 10.6. The quantitative estimate of drug-likeness (QED) is 0.0169. The second-order valence-electron chi connectivity index (χ2n) is 27.4. The molecule has 0 aromatic heterocycles. The number of rotatable bonds is 72. The Morgan fingerprint density at radius 3 is 0.884 bits per heavy atom. The van der Waals surface area contributed by atoms with Crippen LogP contribution in [0.3, 0.4) is 0 Å². The molecule has 0 aliphatic carbocycles. The van der Waals surface area contributed by atoms with Crippen LogP contribution in [0.15, 0.2) is 24.3 Å². The van der Waals surface area contributed by atoms with E-state index in [1.165, 1.54) is 148 Å². The van der Waals surface area contributed by atoms with Gasteiger partial charge in [0.05, 0.1) is 26.4 Å². The average molecular weight is 1390 g/mol. The molecule has 95 heavy (non-hydrogen) atoms. The van der Waals surface area contributed by atoms with Crippen molar-refractivity contribution in [1.82, 2.24) is 0 Å². The SMILES string of the molecule is CCCCCC/C=C\C=C/CCCCCCCC(=O)OC[C@H](COP(=O)(O)OC[C@@H](O)COP(=O)(O)OC[C@@H](COC(=O)CCCCCCCCC(C)CC)OC(=O)CCCCCCCCCCCCCCCCC(C)CC)OC(=O)CCCCCCCCCCC(C)CC.